The van der Waals surface area contributed by atoms with Crippen LogP contribution in [0.3, 0.4) is 0 Å². The van der Waals surface area contributed by atoms with Gasteiger partial charge in [0.05, 0.1) is 6.10 Å². The lowest BCUT2D eigenvalue weighted by Gasteiger charge is -2.33. The molecule has 1 fully saturated rings. The second kappa shape index (κ2) is 6.36. The lowest BCUT2D eigenvalue weighted by molar-refractivity contribution is 0.0703. The van der Waals surface area contributed by atoms with Crippen molar-refractivity contribution in [1.29, 1.82) is 0 Å². The van der Waals surface area contributed by atoms with Crippen LogP contribution in [0.15, 0.2) is 0 Å². The molecule has 0 aromatic carbocycles. The quantitative estimate of drug-likeness (QED) is 0.722. The smallest absolute Gasteiger partial charge is 0.0702 e. The lowest BCUT2D eigenvalue weighted by atomic mass is 9.82. The highest BCUT2D eigenvalue weighted by molar-refractivity contribution is 9.09. The molecule has 0 aliphatic carbocycles. The molecule has 0 aromatic rings. The molecule has 2 unspecified atom stereocenters. The molecule has 1 saturated heterocycles. The van der Waals surface area contributed by atoms with Crippen LogP contribution >= 0.6 is 15.9 Å². The first-order valence-corrected chi connectivity index (χ1v) is 7.41. The van der Waals surface area contributed by atoms with Crippen LogP contribution in [0.1, 0.15) is 33.6 Å². The molecule has 1 aliphatic heterocycles. The van der Waals surface area contributed by atoms with Gasteiger partial charge in [0.25, 0.3) is 0 Å². The number of hydrogen-bond donors (Lipinski definition) is 0. The van der Waals surface area contributed by atoms with E-state index in [2.05, 4.69) is 48.6 Å². The van der Waals surface area contributed by atoms with Gasteiger partial charge in [0.1, 0.15) is 0 Å². The molecule has 1 aliphatic rings. The predicted molar refractivity (Wildman–Crippen MR) is 73.2 cm³/mol. The number of likely N-dealkylation sites (N-methyl/N-ethyl adjacent to an activating group) is 1. The molecule has 2 atom stereocenters. The fraction of sp³-hybridized carbons (Fsp3) is 1.00. The summed E-state index contributed by atoms with van der Waals surface area (Å²) in [5.41, 5.74) is 0.369. The van der Waals surface area contributed by atoms with Crippen molar-refractivity contribution in [2.24, 2.45) is 11.3 Å². The molecule has 1 heterocycles. The molecule has 1 rings (SSSR count). The van der Waals surface area contributed by atoms with Crippen molar-refractivity contribution in [3.63, 3.8) is 0 Å². The van der Waals surface area contributed by atoms with Crippen LogP contribution in [0.5, 0.6) is 0 Å². The molecule has 0 radical (unpaired) electrons. The van der Waals surface area contributed by atoms with Crippen LogP contribution in [0.25, 0.3) is 0 Å². The van der Waals surface area contributed by atoms with Crippen LogP contribution in [0, 0.1) is 11.3 Å². The van der Waals surface area contributed by atoms with Crippen LogP contribution in [0.4, 0.5) is 0 Å². The minimum atomic E-state index is 0.369. The minimum Gasteiger partial charge on any atom is -0.377 e. The summed E-state index contributed by atoms with van der Waals surface area (Å²) in [6.45, 7) is 10.1. The largest absolute Gasteiger partial charge is 0.377 e. The number of ether oxygens (including phenoxy) is 1. The Hall–Kier alpha value is 0.400. The first-order chi connectivity index (χ1) is 7.43. The monoisotopic (exact) mass is 291 g/mol. The van der Waals surface area contributed by atoms with Crippen molar-refractivity contribution in [1.82, 2.24) is 4.90 Å². The SMILES string of the molecule is CN(CC1CCCO1)CC(CBr)C(C)(C)C. The van der Waals surface area contributed by atoms with Gasteiger partial charge in [0.15, 0.2) is 0 Å². The molecule has 0 aromatic heterocycles. The third-order valence-corrected chi connectivity index (χ3v) is 4.26. The summed E-state index contributed by atoms with van der Waals surface area (Å²) in [4.78, 5) is 2.42. The van der Waals surface area contributed by atoms with E-state index >= 15 is 0 Å². The first-order valence-electron chi connectivity index (χ1n) is 6.29. The highest BCUT2D eigenvalue weighted by atomic mass is 79.9. The molecule has 3 heteroatoms. The maximum Gasteiger partial charge on any atom is 0.0702 e. The average molecular weight is 292 g/mol. The molecular formula is C13H26BrNO. The maximum absolute atomic E-state index is 5.67. The van der Waals surface area contributed by atoms with Crippen LogP contribution in [0.2, 0.25) is 0 Å². The van der Waals surface area contributed by atoms with Crippen LogP contribution in [-0.2, 0) is 4.74 Å². The van der Waals surface area contributed by atoms with E-state index in [1.165, 1.54) is 12.8 Å². The Morgan fingerprint density at radius 2 is 2.12 bits per heavy atom. The van der Waals surface area contributed by atoms with E-state index in [1.807, 2.05) is 0 Å². The standard InChI is InChI=1S/C13H26BrNO/c1-13(2,3)11(8-14)9-15(4)10-12-6-5-7-16-12/h11-12H,5-10H2,1-4H3. The van der Waals surface area contributed by atoms with Crippen molar-refractivity contribution in [3.8, 4) is 0 Å². The summed E-state index contributed by atoms with van der Waals surface area (Å²) in [5, 5.41) is 1.08. The normalized spacial score (nSPS) is 24.0. The maximum atomic E-state index is 5.67. The van der Waals surface area contributed by atoms with Gasteiger partial charge in [0, 0.05) is 25.0 Å². The van der Waals surface area contributed by atoms with Gasteiger partial charge in [-0.1, -0.05) is 36.7 Å². The number of alkyl halides is 1. The third kappa shape index (κ3) is 4.72. The van der Waals surface area contributed by atoms with Gasteiger partial charge in [0.2, 0.25) is 0 Å². The second-order valence-electron chi connectivity index (χ2n) is 6.07. The van der Waals surface area contributed by atoms with Crippen molar-refractivity contribution < 1.29 is 4.74 Å². The Balaban J connectivity index is 2.33. The Labute approximate surface area is 109 Å². The van der Waals surface area contributed by atoms with Gasteiger partial charge >= 0.3 is 0 Å². The van der Waals surface area contributed by atoms with E-state index in [9.17, 15) is 0 Å². The van der Waals surface area contributed by atoms with Crippen molar-refractivity contribution in [2.45, 2.75) is 39.7 Å². The van der Waals surface area contributed by atoms with E-state index in [4.69, 9.17) is 4.74 Å². The molecule has 96 valence electrons. The van der Waals surface area contributed by atoms with E-state index < -0.39 is 0 Å². The highest BCUT2D eigenvalue weighted by Crippen LogP contribution is 2.28. The Morgan fingerprint density at radius 1 is 1.44 bits per heavy atom. The zero-order valence-electron chi connectivity index (χ0n) is 11.1. The summed E-state index contributed by atoms with van der Waals surface area (Å²) < 4.78 is 5.67. The molecule has 2 nitrogen and oxygen atoms in total. The number of rotatable bonds is 5. The van der Waals surface area contributed by atoms with E-state index in [0.717, 1.165) is 25.0 Å². The van der Waals surface area contributed by atoms with Crippen molar-refractivity contribution >= 4 is 15.9 Å². The van der Waals surface area contributed by atoms with Gasteiger partial charge in [-0.15, -0.1) is 0 Å². The summed E-state index contributed by atoms with van der Waals surface area (Å²) >= 11 is 3.63. The summed E-state index contributed by atoms with van der Waals surface area (Å²) in [7, 11) is 2.21. The third-order valence-electron chi connectivity index (χ3n) is 3.48. The average Bonchev–Trinajstić information content (AvgIpc) is 2.64. The zero-order valence-corrected chi connectivity index (χ0v) is 12.7. The summed E-state index contributed by atoms with van der Waals surface area (Å²) in [6, 6.07) is 0. The fourth-order valence-corrected chi connectivity index (χ4v) is 3.32. The number of nitrogens with zero attached hydrogens (tertiary/aromatic N) is 1. The summed E-state index contributed by atoms with van der Waals surface area (Å²) in [6.07, 6.45) is 2.94. The predicted octanol–water partition coefficient (Wildman–Crippen LogP) is 3.15. The van der Waals surface area contributed by atoms with Gasteiger partial charge in [-0.3, -0.25) is 0 Å². The number of halogens is 1. The van der Waals surface area contributed by atoms with Gasteiger partial charge < -0.3 is 9.64 Å². The van der Waals surface area contributed by atoms with E-state index in [0.29, 0.717) is 17.4 Å². The second-order valence-corrected chi connectivity index (χ2v) is 6.72. The van der Waals surface area contributed by atoms with E-state index in [1.54, 1.807) is 0 Å². The van der Waals surface area contributed by atoms with E-state index in [-0.39, 0.29) is 0 Å². The van der Waals surface area contributed by atoms with Gasteiger partial charge in [-0.25, -0.2) is 0 Å². The summed E-state index contributed by atoms with van der Waals surface area (Å²) in [5.74, 6) is 0.693. The molecule has 0 bridgehead atoms. The molecule has 0 spiro atoms. The first kappa shape index (κ1) is 14.5. The van der Waals surface area contributed by atoms with Crippen molar-refractivity contribution in [3.05, 3.63) is 0 Å². The topological polar surface area (TPSA) is 12.5 Å². The molecule has 0 N–H and O–H groups in total. The Morgan fingerprint density at radius 3 is 2.56 bits per heavy atom. The Bertz CT molecular complexity index is 197. The molecule has 16 heavy (non-hydrogen) atoms. The van der Waals surface area contributed by atoms with Gasteiger partial charge in [-0.05, 0) is 31.2 Å². The lowest BCUT2D eigenvalue weighted by Crippen LogP contribution is -2.37. The molecular weight excluding hydrogens is 266 g/mol. The highest BCUT2D eigenvalue weighted by Gasteiger charge is 2.26. The number of hydrogen-bond acceptors (Lipinski definition) is 2. The van der Waals surface area contributed by atoms with Gasteiger partial charge in [-0.2, -0.15) is 0 Å². The molecule has 0 amide bonds. The zero-order chi connectivity index (χ0) is 12.2. The Kier molecular flexibility index (Phi) is 5.75. The van der Waals surface area contributed by atoms with Crippen LogP contribution in [-0.4, -0.2) is 43.1 Å². The fourth-order valence-electron chi connectivity index (χ4n) is 2.14. The van der Waals surface area contributed by atoms with Crippen LogP contribution < -0.4 is 0 Å². The van der Waals surface area contributed by atoms with Crippen molar-refractivity contribution in [2.75, 3.05) is 32.1 Å². The minimum absolute atomic E-state index is 0.369. The molecule has 0 saturated carbocycles.